The molecule has 2 rings (SSSR count). The van der Waals surface area contributed by atoms with E-state index in [2.05, 4.69) is 10.4 Å². The Balaban J connectivity index is 0.00000480. The van der Waals surface area contributed by atoms with Crippen LogP contribution in [0.2, 0.25) is 0 Å². The molecular weight excluding hydrogens is 416 g/mol. The number of benzene rings is 1. The van der Waals surface area contributed by atoms with Gasteiger partial charge in [0.15, 0.2) is 5.69 Å². The molecule has 0 fully saturated rings. The van der Waals surface area contributed by atoms with Gasteiger partial charge < -0.3 is 20.6 Å². The van der Waals surface area contributed by atoms with Gasteiger partial charge >= 0.3 is 35.5 Å². The number of carboxylic acid groups (broad SMARTS) is 1. The molecule has 2 atom stereocenters. The zero-order valence-electron chi connectivity index (χ0n) is 17.0. The van der Waals surface area contributed by atoms with Crippen LogP contribution in [0.15, 0.2) is 30.3 Å². The maximum atomic E-state index is 13.4. The summed E-state index contributed by atoms with van der Waals surface area (Å²) in [7, 11) is 1.49. The minimum atomic E-state index is -1.20. The molecule has 0 aliphatic carbocycles. The van der Waals surface area contributed by atoms with E-state index in [1.807, 2.05) is 13.8 Å². The number of aliphatic carboxylic acids is 1. The van der Waals surface area contributed by atoms with Gasteiger partial charge in [0, 0.05) is 19.0 Å². The van der Waals surface area contributed by atoms with E-state index in [1.54, 1.807) is 6.08 Å². The maximum absolute atomic E-state index is 13.4. The van der Waals surface area contributed by atoms with E-state index in [-0.39, 0.29) is 53.5 Å². The molecule has 1 aromatic heterocycles. The van der Waals surface area contributed by atoms with Crippen LogP contribution in [0.25, 0.3) is 11.8 Å². The van der Waals surface area contributed by atoms with Crippen molar-refractivity contribution in [1.29, 1.82) is 0 Å². The summed E-state index contributed by atoms with van der Waals surface area (Å²) in [5.74, 6) is -2.06. The number of carbonyl (C=O) groups excluding carboxylic acids is 1. The summed E-state index contributed by atoms with van der Waals surface area (Å²) in [5.41, 5.74) is 1.88. The van der Waals surface area contributed by atoms with Crippen molar-refractivity contribution in [1.82, 2.24) is 15.1 Å². The van der Waals surface area contributed by atoms with Crippen molar-refractivity contribution in [2.75, 3.05) is 7.05 Å². The minimum absolute atomic E-state index is 0. The number of hydrogen-bond acceptors (Lipinski definition) is 5. The Morgan fingerprint density at radius 1 is 1.23 bits per heavy atom. The molecule has 1 heterocycles. The first-order valence-corrected chi connectivity index (χ1v) is 9.51. The number of nitrogens with zero attached hydrogens (tertiary/aromatic N) is 2. The quantitative estimate of drug-likeness (QED) is 0.435. The molecule has 164 valence electrons. The van der Waals surface area contributed by atoms with Gasteiger partial charge in [0.25, 0.3) is 5.91 Å². The van der Waals surface area contributed by atoms with E-state index in [4.69, 9.17) is 5.11 Å². The van der Waals surface area contributed by atoms with E-state index in [1.165, 1.54) is 42.1 Å². The number of aliphatic hydroxyl groups excluding tert-OH is 2. The van der Waals surface area contributed by atoms with Gasteiger partial charge in [-0.05, 0) is 36.3 Å². The Bertz CT molecular complexity index is 928. The second-order valence-electron chi connectivity index (χ2n) is 7.18. The summed E-state index contributed by atoms with van der Waals surface area (Å²) >= 11 is 0. The number of rotatable bonds is 9. The molecule has 10 heteroatoms. The van der Waals surface area contributed by atoms with Gasteiger partial charge in [-0.15, -0.1) is 0 Å². The number of carbonyl (C=O) groups is 2. The summed E-state index contributed by atoms with van der Waals surface area (Å²) in [6.07, 6.45) is 0.0239. The Labute approximate surface area is 202 Å². The molecule has 0 aliphatic heterocycles. The van der Waals surface area contributed by atoms with Gasteiger partial charge in [0.1, 0.15) is 5.82 Å². The van der Waals surface area contributed by atoms with Gasteiger partial charge in [-0.25, -0.2) is 9.07 Å². The summed E-state index contributed by atoms with van der Waals surface area (Å²) in [4.78, 5) is 23.0. The summed E-state index contributed by atoms with van der Waals surface area (Å²) in [6.45, 7) is 3.78. The van der Waals surface area contributed by atoms with Crippen LogP contribution in [0.3, 0.4) is 0 Å². The topological polar surface area (TPSA) is 125 Å². The number of carboxylic acids is 1. The van der Waals surface area contributed by atoms with Crippen molar-refractivity contribution in [3.05, 3.63) is 53.1 Å². The first-order valence-electron chi connectivity index (χ1n) is 9.51. The van der Waals surface area contributed by atoms with Crippen molar-refractivity contribution >= 4 is 47.5 Å². The van der Waals surface area contributed by atoms with Crippen LogP contribution in [-0.2, 0) is 4.79 Å². The van der Waals surface area contributed by atoms with Crippen molar-refractivity contribution in [3.63, 3.8) is 0 Å². The Hall–Kier alpha value is -2.04. The molecule has 2 aromatic rings. The molecule has 31 heavy (non-hydrogen) atoms. The molecule has 0 unspecified atom stereocenters. The van der Waals surface area contributed by atoms with E-state index in [0.29, 0.717) is 16.9 Å². The molecule has 0 spiro atoms. The SMILES string of the molecule is CNC(=O)c1nn(-c2ccc(F)cc2)c(C=C[C@H](O)C[C@@H](O)CC(=O)O)c1C(C)C.[NaH]. The second-order valence-corrected chi connectivity index (χ2v) is 7.18. The standard InChI is InChI=1S/C21H26FN3O5.Na.H/c1-12(2)19-17(9-8-15(26)10-16(27)11-18(28)29)25(24-20(19)21(30)23-3)14-6-4-13(22)5-7-14;;/h4-9,12,15-16,26-27H,10-11H2,1-3H3,(H,23,30)(H,28,29);;/t15-,16+;;/m0../s1. The van der Waals surface area contributed by atoms with Crippen LogP contribution in [-0.4, -0.2) is 85.8 Å². The fourth-order valence-corrected chi connectivity index (χ4v) is 3.08. The zero-order chi connectivity index (χ0) is 22.4. The number of amides is 1. The fraction of sp³-hybridized carbons (Fsp3) is 0.381. The van der Waals surface area contributed by atoms with Crippen LogP contribution >= 0.6 is 0 Å². The van der Waals surface area contributed by atoms with E-state index < -0.39 is 30.4 Å². The first kappa shape index (κ1) is 27.0. The predicted molar refractivity (Wildman–Crippen MR) is 116 cm³/mol. The Morgan fingerprint density at radius 3 is 2.35 bits per heavy atom. The Kier molecular flexibility index (Phi) is 10.5. The van der Waals surface area contributed by atoms with Crippen molar-refractivity contribution in [2.45, 2.75) is 44.8 Å². The molecule has 8 nitrogen and oxygen atoms in total. The van der Waals surface area contributed by atoms with Crippen molar-refractivity contribution in [2.24, 2.45) is 0 Å². The summed E-state index contributed by atoms with van der Waals surface area (Å²) < 4.78 is 14.8. The third kappa shape index (κ3) is 7.26. The molecule has 0 aliphatic rings. The normalized spacial score (nSPS) is 13.1. The van der Waals surface area contributed by atoms with E-state index in [9.17, 15) is 24.2 Å². The third-order valence-electron chi connectivity index (χ3n) is 4.45. The molecule has 4 N–H and O–H groups in total. The van der Waals surface area contributed by atoms with Crippen LogP contribution < -0.4 is 5.32 Å². The molecule has 0 radical (unpaired) electrons. The second kappa shape index (κ2) is 12.1. The molecule has 0 saturated carbocycles. The number of aliphatic hydroxyl groups is 2. The van der Waals surface area contributed by atoms with Gasteiger partial charge in [0.05, 0.1) is 30.0 Å². The first-order chi connectivity index (χ1) is 14.1. The molecular formula is C21H27FN3NaO5. The number of nitrogens with one attached hydrogen (secondary N) is 1. The predicted octanol–water partition coefficient (Wildman–Crippen LogP) is 1.45. The molecule has 0 bridgehead atoms. The van der Waals surface area contributed by atoms with Crippen molar-refractivity contribution < 1.29 is 29.3 Å². The summed E-state index contributed by atoms with van der Waals surface area (Å²) in [6, 6.07) is 5.58. The summed E-state index contributed by atoms with van der Waals surface area (Å²) in [5, 5.41) is 35.6. The molecule has 0 saturated heterocycles. The number of aromatic nitrogens is 2. The zero-order valence-corrected chi connectivity index (χ0v) is 17.0. The van der Waals surface area contributed by atoms with E-state index >= 15 is 0 Å². The van der Waals surface area contributed by atoms with Crippen LogP contribution in [0, 0.1) is 5.82 Å². The van der Waals surface area contributed by atoms with Gasteiger partial charge in [0.2, 0.25) is 0 Å². The molecule has 1 aromatic carbocycles. The van der Waals surface area contributed by atoms with E-state index in [0.717, 1.165) is 0 Å². The monoisotopic (exact) mass is 443 g/mol. The fourth-order valence-electron chi connectivity index (χ4n) is 3.08. The van der Waals surface area contributed by atoms with Gasteiger partial charge in [-0.2, -0.15) is 5.10 Å². The third-order valence-corrected chi connectivity index (χ3v) is 4.45. The average molecular weight is 443 g/mol. The van der Waals surface area contributed by atoms with Crippen LogP contribution in [0.1, 0.15) is 54.4 Å². The number of hydrogen-bond donors (Lipinski definition) is 4. The van der Waals surface area contributed by atoms with Crippen LogP contribution in [0.4, 0.5) is 4.39 Å². The average Bonchev–Trinajstić information content (AvgIpc) is 3.05. The molecule has 1 amide bonds. The van der Waals surface area contributed by atoms with Gasteiger partial charge in [-0.1, -0.05) is 19.9 Å². The number of halogens is 1. The Morgan fingerprint density at radius 2 is 1.84 bits per heavy atom. The van der Waals surface area contributed by atoms with Crippen molar-refractivity contribution in [3.8, 4) is 5.69 Å². The van der Waals surface area contributed by atoms with Crippen LogP contribution in [0.5, 0.6) is 0 Å². The van der Waals surface area contributed by atoms with Gasteiger partial charge in [-0.3, -0.25) is 9.59 Å².